The maximum atomic E-state index is 13.3. The molecule has 6 nitrogen and oxygen atoms in total. The second kappa shape index (κ2) is 8.20. The van der Waals surface area contributed by atoms with Gasteiger partial charge in [-0.15, -0.1) is 11.8 Å². The summed E-state index contributed by atoms with van der Waals surface area (Å²) in [6.07, 6.45) is 0.257. The number of carbonyl (C=O) groups is 3. The summed E-state index contributed by atoms with van der Waals surface area (Å²) in [5, 5.41) is 13.1. The quantitative estimate of drug-likeness (QED) is 0.617. The molecule has 1 aromatic rings. The first-order valence-corrected chi connectivity index (χ1v) is 6.84. The van der Waals surface area contributed by atoms with Crippen LogP contribution in [0.2, 0.25) is 0 Å². The van der Waals surface area contributed by atoms with Crippen LogP contribution in [0.5, 0.6) is 0 Å². The topological polar surface area (TPSA) is 95.5 Å². The van der Waals surface area contributed by atoms with Gasteiger partial charge in [-0.2, -0.15) is 0 Å². The smallest absolute Gasteiger partial charge is 0.327 e. The number of halogens is 2. The lowest BCUT2D eigenvalue weighted by Gasteiger charge is -2.10. The van der Waals surface area contributed by atoms with Crippen molar-refractivity contribution in [3.05, 3.63) is 29.8 Å². The molecule has 0 spiro atoms. The summed E-state index contributed by atoms with van der Waals surface area (Å²) in [5.41, 5.74) is -0.164. The molecule has 1 rings (SSSR count). The number of hydrogen-bond acceptors (Lipinski definition) is 4. The van der Waals surface area contributed by atoms with Gasteiger partial charge in [0.15, 0.2) is 0 Å². The minimum Gasteiger partial charge on any atom is -0.480 e. The number of carboxylic acids is 1. The Morgan fingerprint density at radius 2 is 2.10 bits per heavy atom. The van der Waals surface area contributed by atoms with Crippen molar-refractivity contribution < 1.29 is 28.3 Å². The highest BCUT2D eigenvalue weighted by molar-refractivity contribution is 8.00. The molecule has 1 aromatic carbocycles. The summed E-state index contributed by atoms with van der Waals surface area (Å²) in [6, 6.07) is 1.61. The fourth-order valence-electron chi connectivity index (χ4n) is 1.32. The lowest BCUT2D eigenvalue weighted by molar-refractivity contribution is -0.139. The van der Waals surface area contributed by atoms with Gasteiger partial charge in [0.05, 0.1) is 11.4 Å². The van der Waals surface area contributed by atoms with Crippen LogP contribution in [-0.4, -0.2) is 40.9 Å². The van der Waals surface area contributed by atoms with E-state index in [1.165, 1.54) is 0 Å². The van der Waals surface area contributed by atoms with Crippen molar-refractivity contribution in [2.45, 2.75) is 6.04 Å². The Morgan fingerprint density at radius 3 is 2.67 bits per heavy atom. The van der Waals surface area contributed by atoms with Crippen LogP contribution in [0, 0.1) is 11.6 Å². The van der Waals surface area contributed by atoms with E-state index >= 15 is 0 Å². The van der Waals surface area contributed by atoms with E-state index in [0.29, 0.717) is 6.07 Å². The van der Waals surface area contributed by atoms with E-state index in [1.807, 2.05) is 0 Å². The molecule has 3 N–H and O–H groups in total. The zero-order valence-electron chi connectivity index (χ0n) is 10.6. The molecule has 0 aliphatic rings. The van der Waals surface area contributed by atoms with Crippen molar-refractivity contribution in [1.29, 1.82) is 0 Å². The number of amides is 2. The Balaban J connectivity index is 2.43. The monoisotopic (exact) mass is 318 g/mol. The fraction of sp³-hybridized carbons (Fsp3) is 0.250. The summed E-state index contributed by atoms with van der Waals surface area (Å²) in [7, 11) is 0. The summed E-state index contributed by atoms with van der Waals surface area (Å²) in [4.78, 5) is 32.4. The van der Waals surface area contributed by atoms with Crippen molar-refractivity contribution in [2.75, 3.05) is 16.8 Å². The third-order valence-electron chi connectivity index (χ3n) is 2.29. The van der Waals surface area contributed by atoms with Crippen LogP contribution >= 0.6 is 11.8 Å². The Morgan fingerprint density at radius 1 is 1.38 bits per heavy atom. The van der Waals surface area contributed by atoms with E-state index in [9.17, 15) is 23.2 Å². The molecule has 0 saturated carbocycles. The number of carbonyl (C=O) groups excluding carboxylic acids is 2. The van der Waals surface area contributed by atoms with Crippen LogP contribution < -0.4 is 10.6 Å². The second-order valence-electron chi connectivity index (χ2n) is 3.86. The van der Waals surface area contributed by atoms with Crippen molar-refractivity contribution in [3.63, 3.8) is 0 Å². The largest absolute Gasteiger partial charge is 0.480 e. The maximum absolute atomic E-state index is 13.3. The van der Waals surface area contributed by atoms with Crippen LogP contribution in [0.25, 0.3) is 0 Å². The fourth-order valence-corrected chi connectivity index (χ4v) is 2.17. The Bertz CT molecular complexity index is 542. The van der Waals surface area contributed by atoms with Crippen LogP contribution in [0.3, 0.4) is 0 Å². The van der Waals surface area contributed by atoms with Crippen LogP contribution in [0.1, 0.15) is 0 Å². The molecule has 0 heterocycles. The predicted molar refractivity (Wildman–Crippen MR) is 72.9 cm³/mol. The molecule has 0 aliphatic carbocycles. The molecule has 114 valence electrons. The van der Waals surface area contributed by atoms with Crippen molar-refractivity contribution in [3.8, 4) is 0 Å². The number of thioether (sulfide) groups is 1. The number of nitrogens with one attached hydrogen (secondary N) is 2. The van der Waals surface area contributed by atoms with E-state index in [4.69, 9.17) is 5.11 Å². The molecule has 2 amide bonds. The first-order valence-electron chi connectivity index (χ1n) is 5.69. The number of benzene rings is 1. The summed E-state index contributed by atoms with van der Waals surface area (Å²) >= 11 is 0.955. The number of hydrogen-bond donors (Lipinski definition) is 3. The highest BCUT2D eigenvalue weighted by atomic mass is 32.2. The molecule has 1 unspecified atom stereocenters. The minimum absolute atomic E-state index is 0.0204. The number of rotatable bonds is 8. The van der Waals surface area contributed by atoms with Gasteiger partial charge in [-0.05, 0) is 12.1 Å². The molecule has 0 aliphatic heterocycles. The zero-order valence-corrected chi connectivity index (χ0v) is 11.5. The summed E-state index contributed by atoms with van der Waals surface area (Å²) in [5.74, 6) is -3.61. The first kappa shape index (κ1) is 16.9. The summed E-state index contributed by atoms with van der Waals surface area (Å²) < 4.78 is 26.0. The van der Waals surface area contributed by atoms with Gasteiger partial charge in [-0.25, -0.2) is 13.6 Å². The Hall–Kier alpha value is -2.16. The van der Waals surface area contributed by atoms with Gasteiger partial charge in [-0.1, -0.05) is 0 Å². The number of anilines is 1. The van der Waals surface area contributed by atoms with Gasteiger partial charge in [0.25, 0.3) is 0 Å². The van der Waals surface area contributed by atoms with Crippen molar-refractivity contribution in [1.82, 2.24) is 5.32 Å². The number of aliphatic carboxylic acids is 1. The standard InChI is InChI=1S/C12H12F2N2O4S/c13-7-1-2-9(8(14)3-7)16-11(18)5-21-4-10(12(19)20)15-6-17/h1-3,6,10H,4-5H2,(H,15,17)(H,16,18)(H,19,20). The molecular weight excluding hydrogens is 306 g/mol. The van der Waals surface area contributed by atoms with Gasteiger partial charge in [0, 0.05) is 11.8 Å². The molecule has 0 radical (unpaired) electrons. The molecule has 1 atom stereocenters. The third-order valence-corrected chi connectivity index (χ3v) is 3.33. The average molecular weight is 318 g/mol. The van der Waals surface area contributed by atoms with Gasteiger partial charge >= 0.3 is 5.97 Å². The summed E-state index contributed by atoms with van der Waals surface area (Å²) in [6.45, 7) is 0. The average Bonchev–Trinajstić information content (AvgIpc) is 2.41. The van der Waals surface area contributed by atoms with Crippen molar-refractivity contribution >= 4 is 35.7 Å². The maximum Gasteiger partial charge on any atom is 0.327 e. The van der Waals surface area contributed by atoms with E-state index in [-0.39, 0.29) is 23.6 Å². The van der Waals surface area contributed by atoms with E-state index in [0.717, 1.165) is 23.9 Å². The van der Waals surface area contributed by atoms with Crippen molar-refractivity contribution in [2.24, 2.45) is 0 Å². The highest BCUT2D eigenvalue weighted by Crippen LogP contribution is 2.15. The van der Waals surface area contributed by atoms with Gasteiger partial charge in [0.2, 0.25) is 12.3 Å². The molecule has 0 fully saturated rings. The van der Waals surface area contributed by atoms with Crippen LogP contribution in [-0.2, 0) is 14.4 Å². The SMILES string of the molecule is O=CNC(CSCC(=O)Nc1ccc(F)cc1F)C(=O)O. The van der Waals surface area contributed by atoms with Gasteiger partial charge in [0.1, 0.15) is 17.7 Å². The molecule has 0 saturated heterocycles. The van der Waals surface area contributed by atoms with Gasteiger partial charge in [-0.3, -0.25) is 9.59 Å². The van der Waals surface area contributed by atoms with Crippen LogP contribution in [0.15, 0.2) is 18.2 Å². The van der Waals surface area contributed by atoms with Crippen LogP contribution in [0.4, 0.5) is 14.5 Å². The Kier molecular flexibility index (Phi) is 6.60. The zero-order chi connectivity index (χ0) is 15.8. The normalized spacial score (nSPS) is 11.5. The second-order valence-corrected chi connectivity index (χ2v) is 4.89. The van der Waals surface area contributed by atoms with E-state index in [1.54, 1.807) is 0 Å². The highest BCUT2D eigenvalue weighted by Gasteiger charge is 2.17. The molecule has 21 heavy (non-hydrogen) atoms. The lowest BCUT2D eigenvalue weighted by Crippen LogP contribution is -2.38. The molecular formula is C12H12F2N2O4S. The first-order chi connectivity index (χ1) is 9.93. The minimum atomic E-state index is -1.22. The predicted octanol–water partition coefficient (Wildman–Crippen LogP) is 0.836. The number of carboxylic acid groups (broad SMARTS) is 1. The van der Waals surface area contributed by atoms with E-state index < -0.39 is 29.6 Å². The lowest BCUT2D eigenvalue weighted by atomic mass is 10.3. The third kappa shape index (κ3) is 5.78. The molecule has 9 heteroatoms. The molecule has 0 aromatic heterocycles. The van der Waals surface area contributed by atoms with E-state index in [2.05, 4.69) is 10.6 Å². The Labute approximate surface area is 122 Å². The molecule has 0 bridgehead atoms. The van der Waals surface area contributed by atoms with Gasteiger partial charge < -0.3 is 15.7 Å².